The normalized spacial score (nSPS) is 13.0. The summed E-state index contributed by atoms with van der Waals surface area (Å²) in [5, 5.41) is 22.0. The molecule has 2 aromatic heterocycles. The fraction of sp³-hybridized carbons (Fsp3) is 0.364. The van der Waals surface area contributed by atoms with Gasteiger partial charge in [0.25, 0.3) is 0 Å². The minimum absolute atomic E-state index is 0.181. The summed E-state index contributed by atoms with van der Waals surface area (Å²) in [7, 11) is 0. The monoisotopic (exact) mass is 296 g/mol. The van der Waals surface area contributed by atoms with Gasteiger partial charge >= 0.3 is 0 Å². The lowest BCUT2D eigenvalue weighted by Crippen LogP contribution is -2.12. The Morgan fingerprint density at radius 3 is 2.65 bits per heavy atom. The van der Waals surface area contributed by atoms with Crippen molar-refractivity contribution in [3.05, 3.63) is 40.4 Å². The number of halogens is 1. The SMILES string of the molecule is CC(C)n1ncc(Br)c1C(O)c1ccnnc1. The number of aliphatic hydroxyl groups excluding tert-OH is 1. The molecule has 2 aromatic rings. The van der Waals surface area contributed by atoms with Crippen molar-refractivity contribution in [3.63, 3.8) is 0 Å². The van der Waals surface area contributed by atoms with E-state index in [0.29, 0.717) is 5.56 Å². The number of nitrogens with zero attached hydrogens (tertiary/aromatic N) is 4. The van der Waals surface area contributed by atoms with Gasteiger partial charge in [-0.25, -0.2) is 0 Å². The Balaban J connectivity index is 2.43. The minimum atomic E-state index is -0.759. The highest BCUT2D eigenvalue weighted by Crippen LogP contribution is 2.29. The van der Waals surface area contributed by atoms with E-state index in [1.54, 1.807) is 29.3 Å². The Hall–Kier alpha value is -1.27. The highest BCUT2D eigenvalue weighted by molar-refractivity contribution is 9.10. The van der Waals surface area contributed by atoms with Gasteiger partial charge in [-0.1, -0.05) is 0 Å². The summed E-state index contributed by atoms with van der Waals surface area (Å²) in [6.45, 7) is 4.03. The molecule has 0 aliphatic carbocycles. The summed E-state index contributed by atoms with van der Waals surface area (Å²) >= 11 is 3.40. The molecule has 0 spiro atoms. The Morgan fingerprint density at radius 2 is 2.06 bits per heavy atom. The fourth-order valence-corrected chi connectivity index (χ4v) is 2.13. The highest BCUT2D eigenvalue weighted by atomic mass is 79.9. The summed E-state index contributed by atoms with van der Waals surface area (Å²) in [6, 6.07) is 1.92. The molecule has 1 atom stereocenters. The van der Waals surface area contributed by atoms with E-state index in [1.807, 2.05) is 13.8 Å². The van der Waals surface area contributed by atoms with Gasteiger partial charge < -0.3 is 5.11 Å². The first-order valence-electron chi connectivity index (χ1n) is 5.28. The molecule has 1 unspecified atom stereocenters. The first-order valence-corrected chi connectivity index (χ1v) is 6.08. The molecule has 0 aliphatic rings. The van der Waals surface area contributed by atoms with Crippen LogP contribution in [0.2, 0.25) is 0 Å². The fourth-order valence-electron chi connectivity index (χ4n) is 1.64. The topological polar surface area (TPSA) is 63.8 Å². The molecule has 0 radical (unpaired) electrons. The van der Waals surface area contributed by atoms with Gasteiger partial charge in [-0.05, 0) is 35.8 Å². The maximum atomic E-state index is 10.3. The van der Waals surface area contributed by atoms with Crippen molar-refractivity contribution < 1.29 is 5.11 Å². The molecular formula is C11H13BrN4O. The van der Waals surface area contributed by atoms with Gasteiger partial charge in [0.1, 0.15) is 6.10 Å². The summed E-state index contributed by atoms with van der Waals surface area (Å²) in [6.07, 6.45) is 4.04. The standard InChI is InChI=1S/C11H13BrN4O/c1-7(2)16-10(9(12)6-15-16)11(17)8-3-4-13-14-5-8/h3-7,11,17H,1-2H3. The van der Waals surface area contributed by atoms with Crippen molar-refractivity contribution in [2.45, 2.75) is 26.0 Å². The van der Waals surface area contributed by atoms with Gasteiger partial charge in [0.05, 0.1) is 22.6 Å². The van der Waals surface area contributed by atoms with Gasteiger partial charge in [0.15, 0.2) is 0 Å². The molecule has 5 nitrogen and oxygen atoms in total. The third-order valence-corrected chi connectivity index (χ3v) is 3.07. The van der Waals surface area contributed by atoms with Gasteiger partial charge in [0.2, 0.25) is 0 Å². The molecule has 0 saturated heterocycles. The lowest BCUT2D eigenvalue weighted by atomic mass is 10.1. The van der Waals surface area contributed by atoms with Crippen LogP contribution in [-0.2, 0) is 0 Å². The first kappa shape index (κ1) is 12.2. The second-order valence-electron chi connectivity index (χ2n) is 3.99. The van der Waals surface area contributed by atoms with E-state index in [4.69, 9.17) is 0 Å². The molecule has 0 aromatic carbocycles. The molecule has 90 valence electrons. The average Bonchev–Trinajstić information content (AvgIpc) is 2.71. The van der Waals surface area contributed by atoms with Crippen LogP contribution >= 0.6 is 15.9 Å². The summed E-state index contributed by atoms with van der Waals surface area (Å²) in [5.41, 5.74) is 1.43. The van der Waals surface area contributed by atoms with Gasteiger partial charge in [-0.3, -0.25) is 4.68 Å². The Labute approximate surface area is 108 Å². The Morgan fingerprint density at radius 1 is 1.29 bits per heavy atom. The molecule has 1 N–H and O–H groups in total. The Bertz CT molecular complexity index is 497. The third-order valence-electron chi connectivity index (χ3n) is 2.46. The molecular weight excluding hydrogens is 284 g/mol. The highest BCUT2D eigenvalue weighted by Gasteiger charge is 2.21. The van der Waals surface area contributed by atoms with Crippen molar-refractivity contribution in [2.24, 2.45) is 0 Å². The van der Waals surface area contributed by atoms with Crippen molar-refractivity contribution in [2.75, 3.05) is 0 Å². The first-order chi connectivity index (χ1) is 8.11. The predicted molar refractivity (Wildman–Crippen MR) is 66.4 cm³/mol. The van der Waals surface area contributed by atoms with E-state index in [0.717, 1.165) is 10.2 Å². The van der Waals surface area contributed by atoms with E-state index < -0.39 is 6.10 Å². The van der Waals surface area contributed by atoms with E-state index in [-0.39, 0.29) is 6.04 Å². The van der Waals surface area contributed by atoms with Crippen LogP contribution in [0.3, 0.4) is 0 Å². The van der Waals surface area contributed by atoms with Gasteiger partial charge in [-0.2, -0.15) is 15.3 Å². The number of hydrogen-bond acceptors (Lipinski definition) is 4. The van der Waals surface area contributed by atoms with Crippen LogP contribution < -0.4 is 0 Å². The van der Waals surface area contributed by atoms with Gasteiger partial charge in [-0.15, -0.1) is 0 Å². The quantitative estimate of drug-likeness (QED) is 0.942. The van der Waals surface area contributed by atoms with E-state index in [9.17, 15) is 5.11 Å². The third kappa shape index (κ3) is 2.37. The lowest BCUT2D eigenvalue weighted by Gasteiger charge is -2.16. The second-order valence-corrected chi connectivity index (χ2v) is 4.85. The van der Waals surface area contributed by atoms with Crippen LogP contribution in [0.5, 0.6) is 0 Å². The van der Waals surface area contributed by atoms with Gasteiger partial charge in [0, 0.05) is 17.8 Å². The molecule has 0 fully saturated rings. The molecule has 0 aliphatic heterocycles. The average molecular weight is 297 g/mol. The zero-order chi connectivity index (χ0) is 12.4. The van der Waals surface area contributed by atoms with Crippen molar-refractivity contribution in [1.82, 2.24) is 20.0 Å². The summed E-state index contributed by atoms with van der Waals surface area (Å²) in [5.74, 6) is 0. The van der Waals surface area contributed by atoms with Crippen LogP contribution in [0.1, 0.15) is 37.3 Å². The number of rotatable bonds is 3. The second kappa shape index (κ2) is 4.93. The molecule has 0 bridgehead atoms. The molecule has 2 heterocycles. The molecule has 17 heavy (non-hydrogen) atoms. The van der Waals surface area contributed by atoms with E-state index >= 15 is 0 Å². The number of hydrogen-bond donors (Lipinski definition) is 1. The zero-order valence-electron chi connectivity index (χ0n) is 9.58. The molecule has 2 rings (SSSR count). The lowest BCUT2D eigenvalue weighted by molar-refractivity contribution is 0.203. The van der Waals surface area contributed by atoms with Crippen LogP contribution in [0.4, 0.5) is 0 Å². The predicted octanol–water partition coefficient (Wildman–Crippen LogP) is 2.10. The van der Waals surface area contributed by atoms with E-state index in [1.165, 1.54) is 0 Å². The van der Waals surface area contributed by atoms with E-state index in [2.05, 4.69) is 31.2 Å². The summed E-state index contributed by atoms with van der Waals surface area (Å²) in [4.78, 5) is 0. The zero-order valence-corrected chi connectivity index (χ0v) is 11.2. The van der Waals surface area contributed by atoms with Crippen molar-refractivity contribution in [3.8, 4) is 0 Å². The largest absolute Gasteiger partial charge is 0.382 e. The molecule has 0 saturated carbocycles. The van der Waals surface area contributed by atoms with Crippen LogP contribution in [0.25, 0.3) is 0 Å². The maximum Gasteiger partial charge on any atom is 0.123 e. The van der Waals surface area contributed by atoms with Crippen LogP contribution in [0.15, 0.2) is 29.1 Å². The molecule has 6 heteroatoms. The summed E-state index contributed by atoms with van der Waals surface area (Å²) < 4.78 is 2.57. The Kier molecular flexibility index (Phi) is 3.54. The van der Waals surface area contributed by atoms with Crippen molar-refractivity contribution in [1.29, 1.82) is 0 Å². The molecule has 0 amide bonds. The minimum Gasteiger partial charge on any atom is -0.382 e. The smallest absolute Gasteiger partial charge is 0.123 e. The van der Waals surface area contributed by atoms with Crippen molar-refractivity contribution >= 4 is 15.9 Å². The van der Waals surface area contributed by atoms with Crippen LogP contribution in [-0.4, -0.2) is 25.1 Å². The van der Waals surface area contributed by atoms with Crippen LogP contribution in [0, 0.1) is 0 Å². The number of aromatic nitrogens is 4. The maximum absolute atomic E-state index is 10.3. The number of aliphatic hydroxyl groups is 1.